The van der Waals surface area contributed by atoms with Gasteiger partial charge in [-0.3, -0.25) is 0 Å². The van der Waals surface area contributed by atoms with E-state index < -0.39 is 0 Å². The fourth-order valence-corrected chi connectivity index (χ4v) is 4.36. The number of halogens is 2. The van der Waals surface area contributed by atoms with Gasteiger partial charge in [0, 0.05) is 52.5 Å². The minimum absolute atomic E-state index is 0. The number of hydrogen-bond acceptors (Lipinski definition) is 8. The molecule has 4 heterocycles. The van der Waals surface area contributed by atoms with Gasteiger partial charge in [0.1, 0.15) is 17.3 Å². The molecule has 5 rings (SSSR count). The fraction of sp³-hybridized carbons (Fsp3) is 0.440. The molecule has 0 amide bonds. The Hall–Kier alpha value is -2.68. The van der Waals surface area contributed by atoms with E-state index >= 15 is 0 Å². The second-order valence-electron chi connectivity index (χ2n) is 8.84. The average Bonchev–Trinajstić information content (AvgIpc) is 3.38. The number of para-hydroxylation sites is 2. The molecular formula is C25H33Cl2N7O. The Bertz CT molecular complexity index is 1150. The van der Waals surface area contributed by atoms with Crippen LogP contribution in [-0.4, -0.2) is 66.4 Å². The highest BCUT2D eigenvalue weighted by Crippen LogP contribution is 2.24. The average molecular weight is 518 g/mol. The molecule has 0 unspecified atom stereocenters. The summed E-state index contributed by atoms with van der Waals surface area (Å²) in [6, 6.07) is 10.4. The lowest BCUT2D eigenvalue weighted by Crippen LogP contribution is -2.28. The largest absolute Gasteiger partial charge is 0.381 e. The van der Waals surface area contributed by atoms with E-state index in [2.05, 4.69) is 16.3 Å². The summed E-state index contributed by atoms with van der Waals surface area (Å²) in [6.45, 7) is 3.67. The first kappa shape index (κ1) is 26.9. The summed E-state index contributed by atoms with van der Waals surface area (Å²) < 4.78 is 5.51. The number of ether oxygens (including phenoxy) is 1. The van der Waals surface area contributed by atoms with E-state index in [0.29, 0.717) is 11.9 Å². The zero-order valence-electron chi connectivity index (χ0n) is 20.2. The van der Waals surface area contributed by atoms with Crippen molar-refractivity contribution in [2.45, 2.75) is 31.7 Å². The number of aromatic nitrogens is 4. The lowest BCUT2D eigenvalue weighted by atomic mass is 10.1. The molecule has 0 radical (unpaired) electrons. The Labute approximate surface area is 219 Å². The van der Waals surface area contributed by atoms with Crippen LogP contribution < -0.4 is 15.1 Å². The van der Waals surface area contributed by atoms with Crippen molar-refractivity contribution < 1.29 is 4.74 Å². The summed E-state index contributed by atoms with van der Waals surface area (Å²) in [5.41, 5.74) is 2.55. The van der Waals surface area contributed by atoms with Crippen LogP contribution in [0.2, 0.25) is 0 Å². The van der Waals surface area contributed by atoms with Gasteiger partial charge in [0.25, 0.3) is 0 Å². The van der Waals surface area contributed by atoms with Crippen LogP contribution in [0.5, 0.6) is 0 Å². The van der Waals surface area contributed by atoms with Crippen LogP contribution in [-0.2, 0) is 4.74 Å². The van der Waals surface area contributed by atoms with Gasteiger partial charge in [0.15, 0.2) is 11.6 Å². The minimum Gasteiger partial charge on any atom is -0.381 e. The monoisotopic (exact) mass is 517 g/mol. The molecule has 35 heavy (non-hydrogen) atoms. The third kappa shape index (κ3) is 6.51. The molecule has 2 aromatic heterocycles. The molecular weight excluding hydrogens is 485 g/mol. The number of fused-ring (bicyclic) bond motifs is 1. The minimum atomic E-state index is 0. The van der Waals surface area contributed by atoms with Crippen LogP contribution in [0.3, 0.4) is 0 Å². The van der Waals surface area contributed by atoms with Gasteiger partial charge in [0.2, 0.25) is 0 Å². The van der Waals surface area contributed by atoms with Crippen molar-refractivity contribution in [3.8, 4) is 0 Å². The van der Waals surface area contributed by atoms with E-state index in [1.165, 1.54) is 12.8 Å². The molecule has 1 N–H and O–H groups in total. The van der Waals surface area contributed by atoms with Crippen LogP contribution in [0.1, 0.15) is 37.2 Å². The lowest BCUT2D eigenvalue weighted by molar-refractivity contribution is 0.0904. The van der Waals surface area contributed by atoms with Crippen molar-refractivity contribution in [2.24, 2.45) is 0 Å². The van der Waals surface area contributed by atoms with E-state index in [1.54, 1.807) is 0 Å². The van der Waals surface area contributed by atoms with Crippen LogP contribution in [0, 0.1) is 0 Å². The Morgan fingerprint density at radius 1 is 0.943 bits per heavy atom. The van der Waals surface area contributed by atoms with E-state index in [1.807, 2.05) is 55.4 Å². The zero-order valence-corrected chi connectivity index (χ0v) is 21.8. The molecule has 10 heteroatoms. The highest BCUT2D eigenvalue weighted by molar-refractivity contribution is 5.85. The molecule has 0 spiro atoms. The van der Waals surface area contributed by atoms with Crippen LogP contribution in [0.15, 0.2) is 30.3 Å². The molecule has 2 saturated heterocycles. The van der Waals surface area contributed by atoms with Crippen molar-refractivity contribution in [3.05, 3.63) is 41.9 Å². The Balaban J connectivity index is 0.00000171. The van der Waals surface area contributed by atoms with Crippen molar-refractivity contribution in [1.29, 1.82) is 0 Å². The lowest BCUT2D eigenvalue weighted by Gasteiger charge is -2.24. The van der Waals surface area contributed by atoms with Crippen molar-refractivity contribution in [3.63, 3.8) is 0 Å². The normalized spacial score (nSPS) is 16.2. The molecule has 0 saturated carbocycles. The molecule has 0 bridgehead atoms. The third-order valence-corrected chi connectivity index (χ3v) is 6.13. The summed E-state index contributed by atoms with van der Waals surface area (Å²) in [7, 11) is 3.97. The topological polar surface area (TPSA) is 79.3 Å². The molecule has 3 aromatic rings. The first-order chi connectivity index (χ1) is 16.2. The van der Waals surface area contributed by atoms with Crippen LogP contribution in [0.25, 0.3) is 23.2 Å². The number of nitrogens with one attached hydrogen (secondary N) is 1. The maximum absolute atomic E-state index is 5.51. The first-order valence-electron chi connectivity index (χ1n) is 11.8. The summed E-state index contributed by atoms with van der Waals surface area (Å²) >= 11 is 0. The molecule has 0 atom stereocenters. The van der Waals surface area contributed by atoms with Gasteiger partial charge in [-0.05, 0) is 50.0 Å². The van der Waals surface area contributed by atoms with E-state index in [-0.39, 0.29) is 24.8 Å². The molecule has 1 aromatic carbocycles. The van der Waals surface area contributed by atoms with E-state index in [4.69, 9.17) is 24.7 Å². The van der Waals surface area contributed by atoms with Crippen molar-refractivity contribution >= 4 is 65.5 Å². The maximum Gasteiger partial charge on any atom is 0.156 e. The molecule has 0 aliphatic carbocycles. The summed E-state index contributed by atoms with van der Waals surface area (Å²) in [6.07, 6.45) is 8.31. The Morgan fingerprint density at radius 2 is 1.63 bits per heavy atom. The van der Waals surface area contributed by atoms with Gasteiger partial charge in [-0.2, -0.15) is 0 Å². The predicted molar refractivity (Wildman–Crippen MR) is 148 cm³/mol. The summed E-state index contributed by atoms with van der Waals surface area (Å²) in [4.78, 5) is 23.6. The van der Waals surface area contributed by atoms with Gasteiger partial charge >= 0.3 is 0 Å². The standard InChI is InChI=1S/C25H31N7O.2ClH/c1-31(2)25-21(27-19-7-3-4-8-20(19)28-25)9-10-22-29-23(26-18-11-15-33-16-12-18)17-24(30-22)32-13-5-6-14-32;;/h3-4,7-10,17-18H,5-6,11-16H2,1-2H3,(H,26,29,30);2*1H. The molecule has 2 aliphatic rings. The Morgan fingerprint density at radius 3 is 2.31 bits per heavy atom. The molecule has 2 aliphatic heterocycles. The summed E-state index contributed by atoms with van der Waals surface area (Å²) in [5.74, 6) is 3.35. The van der Waals surface area contributed by atoms with Gasteiger partial charge in [-0.1, -0.05) is 12.1 Å². The quantitative estimate of drug-likeness (QED) is 0.504. The second kappa shape index (κ2) is 12.3. The van der Waals surface area contributed by atoms with Crippen LogP contribution in [0.4, 0.5) is 17.5 Å². The van der Waals surface area contributed by atoms with Gasteiger partial charge in [-0.25, -0.2) is 19.9 Å². The van der Waals surface area contributed by atoms with Gasteiger partial charge < -0.3 is 19.9 Å². The summed E-state index contributed by atoms with van der Waals surface area (Å²) in [5, 5.41) is 3.61. The van der Waals surface area contributed by atoms with Crippen molar-refractivity contribution in [2.75, 3.05) is 55.5 Å². The second-order valence-corrected chi connectivity index (χ2v) is 8.84. The van der Waals surface area contributed by atoms with Crippen molar-refractivity contribution in [1.82, 2.24) is 19.9 Å². The van der Waals surface area contributed by atoms with E-state index in [9.17, 15) is 0 Å². The number of rotatable bonds is 6. The highest BCUT2D eigenvalue weighted by atomic mass is 35.5. The molecule has 188 valence electrons. The number of nitrogens with zero attached hydrogens (tertiary/aromatic N) is 6. The number of hydrogen-bond donors (Lipinski definition) is 1. The van der Waals surface area contributed by atoms with Gasteiger partial charge in [0.05, 0.1) is 11.0 Å². The molecule has 8 nitrogen and oxygen atoms in total. The van der Waals surface area contributed by atoms with Crippen LogP contribution >= 0.6 is 24.8 Å². The fourth-order valence-electron chi connectivity index (χ4n) is 4.36. The highest BCUT2D eigenvalue weighted by Gasteiger charge is 2.18. The Kier molecular flexibility index (Phi) is 9.48. The predicted octanol–water partition coefficient (Wildman–Crippen LogP) is 4.69. The molecule has 2 fully saturated rings. The first-order valence-corrected chi connectivity index (χ1v) is 11.8. The SMILES string of the molecule is CN(C)c1nc2ccccc2nc1C=Cc1nc(NC2CCOCC2)cc(N2CCCC2)n1.Cl.Cl. The van der Waals surface area contributed by atoms with Gasteiger partial charge in [-0.15, -0.1) is 24.8 Å². The maximum atomic E-state index is 5.51. The number of anilines is 3. The van der Waals surface area contributed by atoms with E-state index in [0.717, 1.165) is 73.3 Å². The third-order valence-electron chi connectivity index (χ3n) is 6.13. The zero-order chi connectivity index (χ0) is 22.6. The smallest absolute Gasteiger partial charge is 0.156 e. The number of benzene rings is 1.